The van der Waals surface area contributed by atoms with E-state index in [9.17, 15) is 18.0 Å². The Kier molecular flexibility index (Phi) is 5.30. The highest BCUT2D eigenvalue weighted by molar-refractivity contribution is 7.89. The third kappa shape index (κ3) is 3.95. The number of nitrogens with two attached hydrogens (primary N) is 1. The number of amides is 1. The third-order valence-corrected chi connectivity index (χ3v) is 5.28. The molecule has 0 spiro atoms. The van der Waals surface area contributed by atoms with Gasteiger partial charge in [-0.15, -0.1) is 0 Å². The van der Waals surface area contributed by atoms with Crippen molar-refractivity contribution in [2.45, 2.75) is 31.8 Å². The molecule has 0 bridgehead atoms. The van der Waals surface area contributed by atoms with Crippen LogP contribution in [0.25, 0.3) is 11.0 Å². The summed E-state index contributed by atoms with van der Waals surface area (Å²) < 4.78 is 24.3. The van der Waals surface area contributed by atoms with Crippen molar-refractivity contribution >= 4 is 27.0 Å². The zero-order valence-corrected chi connectivity index (χ0v) is 16.3. The van der Waals surface area contributed by atoms with Crippen LogP contribution in [-0.4, -0.2) is 23.9 Å². The van der Waals surface area contributed by atoms with Crippen molar-refractivity contribution in [1.82, 2.24) is 14.9 Å². The van der Waals surface area contributed by atoms with Crippen LogP contribution in [-0.2, 0) is 23.1 Å². The van der Waals surface area contributed by atoms with E-state index >= 15 is 0 Å². The Balaban J connectivity index is 1.87. The van der Waals surface area contributed by atoms with Gasteiger partial charge in [0.25, 0.3) is 5.91 Å². The summed E-state index contributed by atoms with van der Waals surface area (Å²) in [6, 6.07) is 9.25. The van der Waals surface area contributed by atoms with Gasteiger partial charge >= 0.3 is 0 Å². The number of carbonyl (C=O) groups is 1. The van der Waals surface area contributed by atoms with E-state index in [0.29, 0.717) is 23.1 Å². The van der Waals surface area contributed by atoms with Crippen LogP contribution >= 0.6 is 0 Å². The summed E-state index contributed by atoms with van der Waals surface area (Å²) in [5.74, 6) is -0.509. The number of rotatable bonds is 5. The van der Waals surface area contributed by atoms with E-state index in [4.69, 9.17) is 5.14 Å². The Morgan fingerprint density at radius 2 is 1.86 bits per heavy atom. The minimum Gasteiger partial charge on any atom is -0.348 e. The maximum atomic E-state index is 12.7. The summed E-state index contributed by atoms with van der Waals surface area (Å²) >= 11 is 0. The molecule has 8 nitrogen and oxygen atoms in total. The number of carbonyl (C=O) groups excluding carboxylic acids is 1. The van der Waals surface area contributed by atoms with Crippen molar-refractivity contribution in [1.29, 1.82) is 0 Å². The zero-order valence-electron chi connectivity index (χ0n) is 15.5. The van der Waals surface area contributed by atoms with Crippen LogP contribution in [0.15, 0.2) is 52.3 Å². The standard InChI is InChI=1S/C19H20N4O4S/c1-3-23-11-16(17(24)15-9-4-12(2)22-18(15)23)19(25)21-10-13-5-7-14(8-6-13)28(20,26)27/h4-9,11H,3,10H2,1-2H3,(H,21,25)(H2,20,26,27). The van der Waals surface area contributed by atoms with E-state index in [1.807, 2.05) is 13.8 Å². The molecule has 3 rings (SSSR count). The molecule has 0 fully saturated rings. The molecule has 0 unspecified atom stereocenters. The molecule has 28 heavy (non-hydrogen) atoms. The van der Waals surface area contributed by atoms with Gasteiger partial charge < -0.3 is 9.88 Å². The molecule has 3 N–H and O–H groups in total. The summed E-state index contributed by atoms with van der Waals surface area (Å²) in [5, 5.41) is 8.14. The Hall–Kier alpha value is -3.04. The molecule has 1 amide bonds. The summed E-state index contributed by atoms with van der Waals surface area (Å²) in [7, 11) is -3.77. The first-order chi connectivity index (χ1) is 13.2. The Labute approximate surface area is 162 Å². The van der Waals surface area contributed by atoms with Gasteiger partial charge in [0.1, 0.15) is 11.2 Å². The Morgan fingerprint density at radius 1 is 1.18 bits per heavy atom. The van der Waals surface area contributed by atoms with E-state index in [0.717, 1.165) is 5.69 Å². The number of hydrogen-bond donors (Lipinski definition) is 2. The fourth-order valence-electron chi connectivity index (χ4n) is 2.84. The molecular weight excluding hydrogens is 380 g/mol. The van der Waals surface area contributed by atoms with Gasteiger partial charge in [0.15, 0.2) is 0 Å². The lowest BCUT2D eigenvalue weighted by molar-refractivity contribution is 0.0949. The maximum Gasteiger partial charge on any atom is 0.257 e. The molecule has 0 radical (unpaired) electrons. The van der Waals surface area contributed by atoms with Gasteiger partial charge in [-0.05, 0) is 43.7 Å². The number of aryl methyl sites for hydroxylation is 2. The molecule has 0 saturated heterocycles. The number of primary sulfonamides is 1. The van der Waals surface area contributed by atoms with Crippen molar-refractivity contribution in [3.8, 4) is 0 Å². The zero-order chi connectivity index (χ0) is 20.5. The van der Waals surface area contributed by atoms with Crippen LogP contribution in [0.2, 0.25) is 0 Å². The van der Waals surface area contributed by atoms with Crippen molar-refractivity contribution < 1.29 is 13.2 Å². The van der Waals surface area contributed by atoms with Gasteiger partial charge in [0.2, 0.25) is 15.5 Å². The molecule has 9 heteroatoms. The summed E-state index contributed by atoms with van der Waals surface area (Å²) in [5.41, 5.74) is 1.65. The first-order valence-electron chi connectivity index (χ1n) is 8.61. The lowest BCUT2D eigenvalue weighted by Crippen LogP contribution is -2.29. The van der Waals surface area contributed by atoms with Crippen LogP contribution in [0.1, 0.15) is 28.5 Å². The Morgan fingerprint density at radius 3 is 2.46 bits per heavy atom. The Bertz CT molecular complexity index is 1220. The molecule has 0 aliphatic carbocycles. The number of hydrogen-bond acceptors (Lipinski definition) is 5. The van der Waals surface area contributed by atoms with Crippen LogP contribution in [0.3, 0.4) is 0 Å². The van der Waals surface area contributed by atoms with Crippen LogP contribution in [0.4, 0.5) is 0 Å². The molecule has 0 atom stereocenters. The lowest BCUT2D eigenvalue weighted by atomic mass is 10.1. The number of nitrogens with one attached hydrogen (secondary N) is 1. The normalized spacial score (nSPS) is 11.5. The van der Waals surface area contributed by atoms with Gasteiger partial charge in [0, 0.05) is 25.0 Å². The average Bonchev–Trinajstić information content (AvgIpc) is 2.66. The minimum absolute atomic E-state index is 0.00858. The topological polar surface area (TPSA) is 124 Å². The lowest BCUT2D eigenvalue weighted by Gasteiger charge is -2.12. The molecule has 2 heterocycles. The molecule has 146 valence electrons. The van der Waals surface area contributed by atoms with Crippen molar-refractivity contribution in [2.24, 2.45) is 5.14 Å². The molecule has 2 aromatic heterocycles. The summed E-state index contributed by atoms with van der Waals surface area (Å²) in [6.07, 6.45) is 1.51. The van der Waals surface area contributed by atoms with Gasteiger partial charge in [-0.1, -0.05) is 12.1 Å². The smallest absolute Gasteiger partial charge is 0.257 e. The van der Waals surface area contributed by atoms with Crippen LogP contribution < -0.4 is 15.9 Å². The van der Waals surface area contributed by atoms with Gasteiger partial charge in [-0.3, -0.25) is 9.59 Å². The fraction of sp³-hybridized carbons (Fsp3) is 0.211. The summed E-state index contributed by atoms with van der Waals surface area (Å²) in [6.45, 7) is 4.44. The van der Waals surface area contributed by atoms with E-state index < -0.39 is 15.9 Å². The minimum atomic E-state index is -3.77. The number of nitrogens with zero attached hydrogens (tertiary/aromatic N) is 2. The molecule has 1 aromatic carbocycles. The second kappa shape index (κ2) is 7.53. The first kappa shape index (κ1) is 19.7. The van der Waals surface area contributed by atoms with E-state index in [2.05, 4.69) is 10.3 Å². The highest BCUT2D eigenvalue weighted by Crippen LogP contribution is 2.12. The number of benzene rings is 1. The SMILES string of the molecule is CCn1cc(C(=O)NCc2ccc(S(N)(=O)=O)cc2)c(=O)c2ccc(C)nc21. The predicted octanol–water partition coefficient (Wildman–Crippen LogP) is 1.30. The fourth-order valence-corrected chi connectivity index (χ4v) is 3.35. The van der Waals surface area contributed by atoms with E-state index in [1.165, 1.54) is 18.3 Å². The monoisotopic (exact) mass is 400 g/mol. The number of pyridine rings is 2. The highest BCUT2D eigenvalue weighted by atomic mass is 32.2. The first-order valence-corrected chi connectivity index (χ1v) is 10.2. The molecular formula is C19H20N4O4S. The molecule has 3 aromatic rings. The van der Waals surface area contributed by atoms with E-state index in [1.54, 1.807) is 28.8 Å². The van der Waals surface area contributed by atoms with Crippen molar-refractivity contribution in [3.05, 3.63) is 69.6 Å². The molecule has 0 saturated carbocycles. The average molecular weight is 400 g/mol. The van der Waals surface area contributed by atoms with Crippen molar-refractivity contribution in [2.75, 3.05) is 0 Å². The predicted molar refractivity (Wildman–Crippen MR) is 105 cm³/mol. The van der Waals surface area contributed by atoms with Crippen LogP contribution in [0.5, 0.6) is 0 Å². The number of fused-ring (bicyclic) bond motifs is 1. The maximum absolute atomic E-state index is 12.7. The van der Waals surface area contributed by atoms with E-state index in [-0.39, 0.29) is 22.4 Å². The number of aromatic nitrogens is 2. The molecule has 0 aliphatic heterocycles. The van der Waals surface area contributed by atoms with Gasteiger partial charge in [0.05, 0.1) is 10.3 Å². The van der Waals surface area contributed by atoms with Crippen LogP contribution in [0, 0.1) is 6.92 Å². The van der Waals surface area contributed by atoms with Crippen molar-refractivity contribution in [3.63, 3.8) is 0 Å². The second-order valence-corrected chi connectivity index (χ2v) is 7.91. The number of sulfonamides is 1. The summed E-state index contributed by atoms with van der Waals surface area (Å²) in [4.78, 5) is 29.7. The highest BCUT2D eigenvalue weighted by Gasteiger charge is 2.16. The van der Waals surface area contributed by atoms with Gasteiger partial charge in [-0.2, -0.15) is 0 Å². The largest absolute Gasteiger partial charge is 0.348 e. The molecule has 0 aliphatic rings. The van der Waals surface area contributed by atoms with Gasteiger partial charge in [-0.25, -0.2) is 18.5 Å². The third-order valence-electron chi connectivity index (χ3n) is 4.35. The quantitative estimate of drug-likeness (QED) is 0.668. The second-order valence-electron chi connectivity index (χ2n) is 6.35.